The quantitative estimate of drug-likeness (QED) is 0.606. The van der Waals surface area contributed by atoms with Crippen LogP contribution < -0.4 is 0 Å². The van der Waals surface area contributed by atoms with Crippen LogP contribution in [-0.4, -0.2) is 22.3 Å². The SMILES string of the molecule is CC1=C[C@@H](O)[C@@H](C(=O)O)C(C)(C)C1. The van der Waals surface area contributed by atoms with E-state index in [-0.39, 0.29) is 5.41 Å². The zero-order chi connectivity index (χ0) is 10.2. The first-order chi connectivity index (χ1) is 5.84. The summed E-state index contributed by atoms with van der Waals surface area (Å²) in [5.41, 5.74) is 0.708. The lowest BCUT2D eigenvalue weighted by Gasteiger charge is -2.37. The Bertz CT molecular complexity index is 253. The van der Waals surface area contributed by atoms with Crippen molar-refractivity contribution in [1.82, 2.24) is 0 Å². The molecule has 0 spiro atoms. The van der Waals surface area contributed by atoms with E-state index in [1.165, 1.54) is 0 Å². The number of allylic oxidation sites excluding steroid dienone is 1. The Kier molecular flexibility index (Phi) is 2.48. The molecule has 0 aromatic heterocycles. The zero-order valence-electron chi connectivity index (χ0n) is 8.24. The molecule has 0 bridgehead atoms. The first-order valence-electron chi connectivity index (χ1n) is 4.43. The van der Waals surface area contributed by atoms with E-state index in [4.69, 9.17) is 5.11 Å². The van der Waals surface area contributed by atoms with E-state index in [2.05, 4.69) is 0 Å². The van der Waals surface area contributed by atoms with Crippen LogP contribution in [0.3, 0.4) is 0 Å². The Morgan fingerprint density at radius 2 is 2.15 bits per heavy atom. The zero-order valence-corrected chi connectivity index (χ0v) is 8.24. The van der Waals surface area contributed by atoms with E-state index in [1.54, 1.807) is 6.08 Å². The lowest BCUT2D eigenvalue weighted by atomic mass is 9.68. The monoisotopic (exact) mass is 184 g/mol. The Labute approximate surface area is 78.1 Å². The third kappa shape index (κ3) is 1.91. The van der Waals surface area contributed by atoms with Gasteiger partial charge in [0.25, 0.3) is 0 Å². The number of aliphatic hydroxyl groups is 1. The summed E-state index contributed by atoms with van der Waals surface area (Å²) in [5.74, 6) is -1.60. The molecule has 1 rings (SSSR count). The summed E-state index contributed by atoms with van der Waals surface area (Å²) in [6.45, 7) is 5.68. The van der Waals surface area contributed by atoms with Crippen molar-refractivity contribution in [2.75, 3.05) is 0 Å². The van der Waals surface area contributed by atoms with Crippen molar-refractivity contribution in [3.8, 4) is 0 Å². The number of aliphatic carboxylic acids is 1. The number of hydrogen-bond donors (Lipinski definition) is 2. The second-order valence-electron chi connectivity index (χ2n) is 4.48. The lowest BCUT2D eigenvalue weighted by Crippen LogP contribution is -2.42. The van der Waals surface area contributed by atoms with Crippen LogP contribution in [0, 0.1) is 11.3 Å². The Hall–Kier alpha value is -0.830. The number of aliphatic hydroxyl groups excluding tert-OH is 1. The van der Waals surface area contributed by atoms with Gasteiger partial charge in [0.05, 0.1) is 12.0 Å². The second kappa shape index (κ2) is 3.14. The maximum Gasteiger partial charge on any atom is 0.310 e. The smallest absolute Gasteiger partial charge is 0.310 e. The van der Waals surface area contributed by atoms with Gasteiger partial charge in [0.1, 0.15) is 0 Å². The van der Waals surface area contributed by atoms with Crippen LogP contribution in [0.15, 0.2) is 11.6 Å². The molecule has 0 saturated carbocycles. The van der Waals surface area contributed by atoms with E-state index in [1.807, 2.05) is 20.8 Å². The molecule has 0 amide bonds. The minimum Gasteiger partial charge on any atom is -0.481 e. The molecule has 13 heavy (non-hydrogen) atoms. The van der Waals surface area contributed by atoms with Crippen LogP contribution in [0.2, 0.25) is 0 Å². The van der Waals surface area contributed by atoms with Crippen molar-refractivity contribution in [3.63, 3.8) is 0 Å². The molecule has 2 atom stereocenters. The molecular formula is C10H16O3. The van der Waals surface area contributed by atoms with Crippen molar-refractivity contribution >= 4 is 5.97 Å². The Morgan fingerprint density at radius 1 is 1.62 bits per heavy atom. The predicted octanol–water partition coefficient (Wildman–Crippen LogP) is 1.42. The van der Waals surface area contributed by atoms with Crippen LogP contribution in [0.25, 0.3) is 0 Å². The molecule has 3 nitrogen and oxygen atoms in total. The van der Waals surface area contributed by atoms with Gasteiger partial charge in [0, 0.05) is 0 Å². The topological polar surface area (TPSA) is 57.5 Å². The summed E-state index contributed by atoms with van der Waals surface area (Å²) < 4.78 is 0. The summed E-state index contributed by atoms with van der Waals surface area (Å²) in [6.07, 6.45) is 1.53. The predicted molar refractivity (Wildman–Crippen MR) is 49.3 cm³/mol. The Balaban J connectivity index is 3.00. The van der Waals surface area contributed by atoms with Gasteiger partial charge in [0.2, 0.25) is 0 Å². The summed E-state index contributed by atoms with van der Waals surface area (Å²) in [5, 5.41) is 18.5. The van der Waals surface area contributed by atoms with Crippen molar-refractivity contribution in [2.45, 2.75) is 33.3 Å². The highest BCUT2D eigenvalue weighted by atomic mass is 16.4. The van der Waals surface area contributed by atoms with Crippen LogP contribution in [0.5, 0.6) is 0 Å². The highest BCUT2D eigenvalue weighted by molar-refractivity contribution is 5.72. The van der Waals surface area contributed by atoms with Crippen LogP contribution in [0.4, 0.5) is 0 Å². The van der Waals surface area contributed by atoms with Crippen molar-refractivity contribution in [3.05, 3.63) is 11.6 Å². The molecular weight excluding hydrogens is 168 g/mol. The third-order valence-corrected chi connectivity index (χ3v) is 2.64. The molecule has 0 aromatic rings. The molecule has 0 aromatic carbocycles. The molecule has 0 radical (unpaired) electrons. The van der Waals surface area contributed by atoms with Crippen LogP contribution in [0.1, 0.15) is 27.2 Å². The van der Waals surface area contributed by atoms with Gasteiger partial charge >= 0.3 is 5.97 Å². The van der Waals surface area contributed by atoms with E-state index in [9.17, 15) is 9.90 Å². The fourth-order valence-electron chi connectivity index (χ4n) is 2.22. The molecule has 74 valence electrons. The lowest BCUT2D eigenvalue weighted by molar-refractivity contribution is -0.150. The van der Waals surface area contributed by atoms with Crippen molar-refractivity contribution in [1.29, 1.82) is 0 Å². The number of carboxylic acids is 1. The molecule has 0 heterocycles. The van der Waals surface area contributed by atoms with Gasteiger partial charge in [-0.05, 0) is 18.8 Å². The van der Waals surface area contributed by atoms with Crippen molar-refractivity contribution < 1.29 is 15.0 Å². The summed E-state index contributed by atoms with van der Waals surface area (Å²) >= 11 is 0. The first kappa shape index (κ1) is 10.3. The van der Waals surface area contributed by atoms with Gasteiger partial charge in [-0.25, -0.2) is 0 Å². The molecule has 2 N–H and O–H groups in total. The average Bonchev–Trinajstić information content (AvgIpc) is 1.78. The Morgan fingerprint density at radius 3 is 2.54 bits per heavy atom. The van der Waals surface area contributed by atoms with Crippen LogP contribution >= 0.6 is 0 Å². The number of hydrogen-bond acceptors (Lipinski definition) is 2. The van der Waals surface area contributed by atoms with Gasteiger partial charge in [-0.1, -0.05) is 25.5 Å². The van der Waals surface area contributed by atoms with Gasteiger partial charge in [0.15, 0.2) is 0 Å². The van der Waals surface area contributed by atoms with Gasteiger partial charge < -0.3 is 10.2 Å². The fraction of sp³-hybridized carbons (Fsp3) is 0.700. The minimum atomic E-state index is -0.916. The molecule has 3 heteroatoms. The molecule has 1 aliphatic carbocycles. The molecule has 0 aliphatic heterocycles. The van der Waals surface area contributed by atoms with Gasteiger partial charge in [-0.2, -0.15) is 0 Å². The van der Waals surface area contributed by atoms with Gasteiger partial charge in [-0.15, -0.1) is 0 Å². The number of carboxylic acid groups (broad SMARTS) is 1. The molecule has 0 unspecified atom stereocenters. The maximum absolute atomic E-state index is 10.9. The number of carbonyl (C=O) groups is 1. The molecule has 0 fully saturated rings. The number of rotatable bonds is 1. The summed E-state index contributed by atoms with van der Waals surface area (Å²) in [6, 6.07) is 0. The van der Waals surface area contributed by atoms with Crippen LogP contribution in [-0.2, 0) is 4.79 Å². The standard InChI is InChI=1S/C10H16O3/c1-6-4-7(11)8(9(12)13)10(2,3)5-6/h4,7-8,11H,5H2,1-3H3,(H,12,13)/t7-,8+/m1/s1. The molecule has 1 aliphatic rings. The maximum atomic E-state index is 10.9. The third-order valence-electron chi connectivity index (χ3n) is 2.64. The summed E-state index contributed by atoms with van der Waals surface area (Å²) in [7, 11) is 0. The second-order valence-corrected chi connectivity index (χ2v) is 4.48. The van der Waals surface area contributed by atoms with E-state index in [0.29, 0.717) is 0 Å². The largest absolute Gasteiger partial charge is 0.481 e. The summed E-state index contributed by atoms with van der Waals surface area (Å²) in [4.78, 5) is 10.9. The molecule has 0 saturated heterocycles. The van der Waals surface area contributed by atoms with Crippen molar-refractivity contribution in [2.24, 2.45) is 11.3 Å². The van der Waals surface area contributed by atoms with E-state index >= 15 is 0 Å². The fourth-order valence-corrected chi connectivity index (χ4v) is 2.22. The first-order valence-corrected chi connectivity index (χ1v) is 4.43. The highest BCUT2D eigenvalue weighted by Gasteiger charge is 2.42. The normalized spacial score (nSPS) is 32.5. The van der Waals surface area contributed by atoms with Gasteiger partial charge in [-0.3, -0.25) is 4.79 Å². The van der Waals surface area contributed by atoms with E-state index in [0.717, 1.165) is 12.0 Å². The minimum absolute atomic E-state index is 0.357. The average molecular weight is 184 g/mol. The highest BCUT2D eigenvalue weighted by Crippen LogP contribution is 2.40. The van der Waals surface area contributed by atoms with E-state index < -0.39 is 18.0 Å².